The maximum absolute atomic E-state index is 12.4. The summed E-state index contributed by atoms with van der Waals surface area (Å²) in [6.07, 6.45) is 5.20. The van der Waals surface area contributed by atoms with Crippen molar-refractivity contribution in [1.29, 1.82) is 5.26 Å². The Labute approximate surface area is 124 Å². The van der Waals surface area contributed by atoms with Gasteiger partial charge in [0, 0.05) is 35.3 Å². The number of hydrogen-bond acceptors (Lipinski definition) is 3. The maximum atomic E-state index is 12.4. The number of nitriles is 1. The number of H-pyrrole nitrogens is 1. The van der Waals surface area contributed by atoms with Crippen LogP contribution in [0.3, 0.4) is 0 Å². The number of thiazole rings is 1. The van der Waals surface area contributed by atoms with E-state index in [0.717, 1.165) is 16.5 Å². The highest BCUT2D eigenvalue weighted by molar-refractivity contribution is 7.07. The van der Waals surface area contributed by atoms with Gasteiger partial charge in [-0.15, -0.1) is 11.3 Å². The molecule has 0 saturated carbocycles. The third-order valence-corrected chi connectivity index (χ3v) is 4.41. The lowest BCUT2D eigenvalue weighted by molar-refractivity contribution is 0.723. The van der Waals surface area contributed by atoms with Gasteiger partial charge in [-0.25, -0.2) is 0 Å². The Hall–Kier alpha value is -2.58. The average Bonchev–Trinajstić information content (AvgIpc) is 3.03. The second kappa shape index (κ2) is 5.43. The van der Waals surface area contributed by atoms with Crippen LogP contribution in [-0.2, 0) is 6.54 Å². The molecule has 0 unspecified atom stereocenters. The van der Waals surface area contributed by atoms with Gasteiger partial charge in [0.2, 0.25) is 0 Å². The molecular formula is C16H13N3OS. The monoisotopic (exact) mass is 295 g/mol. The van der Waals surface area contributed by atoms with Gasteiger partial charge in [0.05, 0.1) is 10.6 Å². The van der Waals surface area contributed by atoms with Crippen LogP contribution >= 0.6 is 11.3 Å². The van der Waals surface area contributed by atoms with E-state index in [-0.39, 0.29) is 5.56 Å². The Morgan fingerprint density at radius 2 is 2.24 bits per heavy atom. The molecule has 0 aliphatic rings. The zero-order chi connectivity index (χ0) is 14.8. The quantitative estimate of drug-likeness (QED) is 0.779. The number of fused-ring (bicyclic) bond motifs is 1. The number of hydrogen-bond donors (Lipinski definition) is 1. The van der Waals surface area contributed by atoms with Gasteiger partial charge in [-0.05, 0) is 19.1 Å². The molecule has 3 aromatic rings. The van der Waals surface area contributed by atoms with Crippen LogP contribution in [0, 0.1) is 11.3 Å². The number of aromatic nitrogens is 2. The summed E-state index contributed by atoms with van der Waals surface area (Å²) < 4.78 is 2.95. The van der Waals surface area contributed by atoms with Crippen LogP contribution in [0.2, 0.25) is 0 Å². The number of nitrogens with zero attached hydrogens (tertiary/aromatic N) is 2. The normalized spacial score (nSPS) is 13.0. The molecule has 104 valence electrons. The average molecular weight is 295 g/mol. The van der Waals surface area contributed by atoms with E-state index in [2.05, 4.69) is 4.98 Å². The van der Waals surface area contributed by atoms with E-state index in [0.29, 0.717) is 15.7 Å². The summed E-state index contributed by atoms with van der Waals surface area (Å²) in [4.78, 5) is 15.6. The largest absolute Gasteiger partial charge is 0.361 e. The number of rotatable bonds is 2. The van der Waals surface area contributed by atoms with E-state index in [9.17, 15) is 4.79 Å². The van der Waals surface area contributed by atoms with Gasteiger partial charge < -0.3 is 4.98 Å². The first kappa shape index (κ1) is 13.4. The van der Waals surface area contributed by atoms with Gasteiger partial charge >= 0.3 is 0 Å². The first-order valence-electron chi connectivity index (χ1n) is 6.62. The Kier molecular flexibility index (Phi) is 3.46. The molecule has 0 bridgehead atoms. The van der Waals surface area contributed by atoms with Gasteiger partial charge in [0.15, 0.2) is 0 Å². The highest BCUT2D eigenvalue weighted by Gasteiger charge is 2.04. The summed E-state index contributed by atoms with van der Waals surface area (Å²) in [6, 6.07) is 9.96. The third kappa shape index (κ3) is 2.30. The Morgan fingerprint density at radius 3 is 3.00 bits per heavy atom. The van der Waals surface area contributed by atoms with Crippen molar-refractivity contribution in [2.24, 2.45) is 0 Å². The number of benzene rings is 1. The predicted molar refractivity (Wildman–Crippen MR) is 85.4 cm³/mol. The second-order valence-corrected chi connectivity index (χ2v) is 5.62. The SMILES string of the molecule is CCn1c(=O)c(=Cc2c[nH]c3ccccc23)s/c1=C/C#N. The van der Waals surface area contributed by atoms with Crippen molar-refractivity contribution in [3.8, 4) is 6.07 Å². The molecule has 4 nitrogen and oxygen atoms in total. The molecule has 0 radical (unpaired) electrons. The van der Waals surface area contributed by atoms with Crippen molar-refractivity contribution in [2.45, 2.75) is 13.5 Å². The molecule has 0 aliphatic carbocycles. The molecule has 1 aromatic carbocycles. The van der Waals surface area contributed by atoms with Crippen molar-refractivity contribution in [3.63, 3.8) is 0 Å². The van der Waals surface area contributed by atoms with Crippen molar-refractivity contribution in [3.05, 3.63) is 55.6 Å². The van der Waals surface area contributed by atoms with Crippen LogP contribution in [0.15, 0.2) is 35.3 Å². The maximum Gasteiger partial charge on any atom is 0.269 e. The van der Waals surface area contributed by atoms with E-state index in [1.54, 1.807) is 4.57 Å². The van der Waals surface area contributed by atoms with Crippen LogP contribution in [0.5, 0.6) is 0 Å². The molecule has 0 fully saturated rings. The topological polar surface area (TPSA) is 61.6 Å². The smallest absolute Gasteiger partial charge is 0.269 e. The zero-order valence-corrected chi connectivity index (χ0v) is 12.3. The Morgan fingerprint density at radius 1 is 1.43 bits per heavy atom. The molecule has 2 heterocycles. The number of nitrogens with one attached hydrogen (secondary N) is 1. The Balaban J connectivity index is 2.28. The summed E-state index contributed by atoms with van der Waals surface area (Å²) in [7, 11) is 0. The highest BCUT2D eigenvalue weighted by atomic mass is 32.1. The van der Waals surface area contributed by atoms with Crippen molar-refractivity contribution >= 4 is 34.4 Å². The Bertz CT molecular complexity index is 1010. The molecule has 0 atom stereocenters. The molecule has 1 N–H and O–H groups in total. The van der Waals surface area contributed by atoms with Crippen molar-refractivity contribution in [2.75, 3.05) is 0 Å². The van der Waals surface area contributed by atoms with Crippen molar-refractivity contribution in [1.82, 2.24) is 9.55 Å². The van der Waals surface area contributed by atoms with Gasteiger partial charge in [-0.2, -0.15) is 5.26 Å². The fraction of sp³-hybridized carbons (Fsp3) is 0.125. The van der Waals surface area contributed by atoms with Gasteiger partial charge in [0.25, 0.3) is 5.56 Å². The molecule has 3 rings (SSSR count). The fourth-order valence-corrected chi connectivity index (χ4v) is 3.39. The summed E-state index contributed by atoms with van der Waals surface area (Å²) in [5, 5.41) is 9.89. The molecule has 2 aromatic heterocycles. The van der Waals surface area contributed by atoms with E-state index in [1.165, 1.54) is 17.4 Å². The van der Waals surface area contributed by atoms with Crippen LogP contribution in [0.25, 0.3) is 23.1 Å². The summed E-state index contributed by atoms with van der Waals surface area (Å²) in [5.41, 5.74) is 1.98. The van der Waals surface area contributed by atoms with Crippen LogP contribution in [0.4, 0.5) is 0 Å². The van der Waals surface area contributed by atoms with Crippen LogP contribution < -0.4 is 14.8 Å². The first-order valence-corrected chi connectivity index (χ1v) is 7.43. The summed E-state index contributed by atoms with van der Waals surface area (Å²) >= 11 is 1.35. The van der Waals surface area contributed by atoms with Crippen LogP contribution in [0.1, 0.15) is 12.5 Å². The van der Waals surface area contributed by atoms with Gasteiger partial charge in [0.1, 0.15) is 4.66 Å². The van der Waals surface area contributed by atoms with Gasteiger partial charge in [-0.1, -0.05) is 18.2 Å². The molecule has 5 heteroatoms. The zero-order valence-electron chi connectivity index (χ0n) is 11.5. The van der Waals surface area contributed by atoms with Crippen LogP contribution in [-0.4, -0.2) is 9.55 Å². The first-order chi connectivity index (χ1) is 10.2. The lowest BCUT2D eigenvalue weighted by Crippen LogP contribution is -2.30. The lowest BCUT2D eigenvalue weighted by atomic mass is 10.2. The second-order valence-electron chi connectivity index (χ2n) is 4.56. The molecule has 21 heavy (non-hydrogen) atoms. The summed E-state index contributed by atoms with van der Waals surface area (Å²) in [5.74, 6) is 0. The highest BCUT2D eigenvalue weighted by Crippen LogP contribution is 2.17. The standard InChI is InChI=1S/C16H13N3OS/c1-2-19-15(7-8-17)21-14(16(19)20)9-11-10-18-13-6-4-3-5-12(11)13/h3-7,9-10,18H,2H2,1H3/b14-9?,15-7+. The minimum atomic E-state index is -0.0470. The molecule has 0 amide bonds. The minimum absolute atomic E-state index is 0.0470. The predicted octanol–water partition coefficient (Wildman–Crippen LogP) is 1.54. The lowest BCUT2D eigenvalue weighted by Gasteiger charge is -1.91. The molecule has 0 aliphatic heterocycles. The number of aromatic amines is 1. The summed E-state index contributed by atoms with van der Waals surface area (Å²) in [6.45, 7) is 2.46. The minimum Gasteiger partial charge on any atom is -0.361 e. The molecular weight excluding hydrogens is 282 g/mol. The molecule has 0 saturated heterocycles. The van der Waals surface area contributed by atoms with E-state index < -0.39 is 0 Å². The molecule has 0 spiro atoms. The van der Waals surface area contributed by atoms with E-state index in [4.69, 9.17) is 5.26 Å². The number of para-hydroxylation sites is 1. The van der Waals surface area contributed by atoms with Gasteiger partial charge in [-0.3, -0.25) is 9.36 Å². The fourth-order valence-electron chi connectivity index (χ4n) is 2.35. The third-order valence-electron chi connectivity index (χ3n) is 3.35. The van der Waals surface area contributed by atoms with E-state index >= 15 is 0 Å². The van der Waals surface area contributed by atoms with E-state index in [1.807, 2.05) is 49.5 Å². The van der Waals surface area contributed by atoms with Crippen molar-refractivity contribution < 1.29 is 0 Å².